The Morgan fingerprint density at radius 1 is 1.23 bits per heavy atom. The van der Waals surface area contributed by atoms with Crippen LogP contribution in [0.25, 0.3) is 15.0 Å². The fraction of sp³-hybridized carbons (Fsp3) is 0.409. The number of rotatable bonds is 8. The monoisotopic (exact) mass is 426 g/mol. The number of para-hydroxylation sites is 1. The van der Waals surface area contributed by atoms with E-state index < -0.39 is 11.4 Å². The molecular weight excluding hydrogens is 400 g/mol. The van der Waals surface area contributed by atoms with Crippen molar-refractivity contribution >= 4 is 44.4 Å². The second kappa shape index (κ2) is 8.57. The minimum Gasteiger partial charge on any atom is -0.477 e. The van der Waals surface area contributed by atoms with E-state index in [2.05, 4.69) is 29.1 Å². The van der Waals surface area contributed by atoms with Crippen molar-refractivity contribution in [2.75, 3.05) is 18.4 Å². The Bertz CT molecular complexity index is 1180. The minimum atomic E-state index is -1.21. The molecule has 0 aliphatic carbocycles. The van der Waals surface area contributed by atoms with Crippen molar-refractivity contribution < 1.29 is 9.90 Å². The lowest BCUT2D eigenvalue weighted by Gasteiger charge is -2.32. The second-order valence-corrected chi connectivity index (χ2v) is 8.55. The third-order valence-corrected chi connectivity index (χ3v) is 6.56. The molecule has 0 spiro atoms. The van der Waals surface area contributed by atoms with E-state index in [1.165, 1.54) is 11.3 Å². The van der Waals surface area contributed by atoms with Gasteiger partial charge in [-0.05, 0) is 25.0 Å². The highest BCUT2D eigenvalue weighted by atomic mass is 32.1. The molecule has 0 radical (unpaired) electrons. The highest BCUT2D eigenvalue weighted by molar-refractivity contribution is 7.24. The number of anilines is 1. The molecule has 3 aromatic rings. The number of thiazole rings is 1. The van der Waals surface area contributed by atoms with Crippen LogP contribution in [-0.4, -0.2) is 46.0 Å². The number of carbonyl (C=O) groups is 1. The molecular formula is C22H26N4O3S. The van der Waals surface area contributed by atoms with Gasteiger partial charge >= 0.3 is 5.97 Å². The van der Waals surface area contributed by atoms with E-state index in [0.29, 0.717) is 16.2 Å². The third-order valence-electron chi connectivity index (χ3n) is 5.41. The molecule has 1 atom stereocenters. The summed E-state index contributed by atoms with van der Waals surface area (Å²) in [6.07, 6.45) is 5.67. The number of nitrogens with one attached hydrogen (secondary N) is 1. The Hall–Kier alpha value is -2.71. The van der Waals surface area contributed by atoms with Crippen LogP contribution in [0.15, 0.2) is 34.1 Å². The van der Waals surface area contributed by atoms with Crippen molar-refractivity contribution in [3.63, 3.8) is 0 Å². The lowest BCUT2D eigenvalue weighted by Crippen LogP contribution is -2.44. The van der Waals surface area contributed by atoms with E-state index in [9.17, 15) is 14.7 Å². The zero-order valence-electron chi connectivity index (χ0n) is 17.2. The van der Waals surface area contributed by atoms with Crippen LogP contribution in [0.1, 0.15) is 55.5 Å². The first-order chi connectivity index (χ1) is 14.6. The number of unbranched alkanes of at least 4 members (excludes halogenated alkanes) is 2. The fourth-order valence-corrected chi connectivity index (χ4v) is 5.16. The summed E-state index contributed by atoms with van der Waals surface area (Å²) in [5.74, 6) is -0.594. The van der Waals surface area contributed by atoms with Gasteiger partial charge < -0.3 is 10.4 Å². The van der Waals surface area contributed by atoms with E-state index in [1.54, 1.807) is 6.21 Å². The summed E-state index contributed by atoms with van der Waals surface area (Å²) in [6.45, 7) is 6.13. The highest BCUT2D eigenvalue weighted by Crippen LogP contribution is 2.33. The van der Waals surface area contributed by atoms with Gasteiger partial charge in [-0.15, -0.1) is 11.3 Å². The molecule has 8 heteroatoms. The number of hydrogen-bond acceptors (Lipinski definition) is 6. The summed E-state index contributed by atoms with van der Waals surface area (Å²) >= 11 is 1.32. The number of carboxylic acid groups (broad SMARTS) is 1. The third kappa shape index (κ3) is 3.50. The normalized spacial score (nSPS) is 15.6. The number of aromatic nitrogens is 1. The predicted octanol–water partition coefficient (Wildman–Crippen LogP) is 4.24. The molecule has 1 aromatic carbocycles. The van der Waals surface area contributed by atoms with Crippen LogP contribution < -0.4 is 10.7 Å². The lowest BCUT2D eigenvalue weighted by molar-refractivity contribution is 0.0697. The van der Waals surface area contributed by atoms with Crippen molar-refractivity contribution in [3.8, 4) is 0 Å². The molecule has 1 aliphatic heterocycles. The van der Waals surface area contributed by atoms with Gasteiger partial charge in [0.1, 0.15) is 16.2 Å². The van der Waals surface area contributed by atoms with Gasteiger partial charge in [-0.2, -0.15) is 0 Å². The molecule has 0 bridgehead atoms. The quantitative estimate of drug-likeness (QED) is 0.526. The molecule has 2 aromatic heterocycles. The standard InChI is InChI=1S/C22H26N4O3S/c1-3-5-8-12-25(11-4-2)22-23-13-14-18(27)17(21(28)29)20-26(19(14)24-22)15-9-6-7-10-16(15)30-20/h6-7,9-10,13,22,24H,3-5,8,11-12H2,1-2H3,(H,28,29). The molecule has 3 heterocycles. The Labute approximate surface area is 178 Å². The number of nitrogens with zero attached hydrogens (tertiary/aromatic N) is 3. The van der Waals surface area contributed by atoms with Crippen molar-refractivity contribution in [1.82, 2.24) is 9.30 Å². The molecule has 1 unspecified atom stereocenters. The number of hydrogen-bond donors (Lipinski definition) is 2. The molecule has 0 amide bonds. The average molecular weight is 427 g/mol. The van der Waals surface area contributed by atoms with Gasteiger partial charge in [-0.3, -0.25) is 19.1 Å². The van der Waals surface area contributed by atoms with E-state index in [-0.39, 0.29) is 11.9 Å². The summed E-state index contributed by atoms with van der Waals surface area (Å²) in [5, 5.41) is 13.2. The van der Waals surface area contributed by atoms with Crippen LogP contribution in [0.2, 0.25) is 0 Å². The molecule has 30 heavy (non-hydrogen) atoms. The van der Waals surface area contributed by atoms with Crippen LogP contribution in [0.4, 0.5) is 5.82 Å². The molecule has 1 aliphatic rings. The molecule has 0 saturated carbocycles. The maximum atomic E-state index is 13.0. The molecule has 0 saturated heterocycles. The summed E-state index contributed by atoms with van der Waals surface area (Å²) in [5.41, 5.74) is 0.488. The predicted molar refractivity (Wildman–Crippen MR) is 122 cm³/mol. The van der Waals surface area contributed by atoms with E-state index in [1.807, 2.05) is 28.7 Å². The molecule has 2 N–H and O–H groups in total. The Kier molecular flexibility index (Phi) is 5.87. The summed E-state index contributed by atoms with van der Waals surface area (Å²) in [7, 11) is 0. The van der Waals surface area contributed by atoms with Crippen molar-refractivity contribution in [3.05, 3.63) is 45.6 Å². The smallest absolute Gasteiger partial charge is 0.342 e. The largest absolute Gasteiger partial charge is 0.477 e. The van der Waals surface area contributed by atoms with E-state index in [0.717, 1.165) is 49.0 Å². The van der Waals surface area contributed by atoms with Crippen molar-refractivity contribution in [2.45, 2.75) is 45.8 Å². The fourth-order valence-electron chi connectivity index (χ4n) is 3.98. The van der Waals surface area contributed by atoms with Crippen LogP contribution in [-0.2, 0) is 0 Å². The first kappa shape index (κ1) is 20.6. The van der Waals surface area contributed by atoms with E-state index in [4.69, 9.17) is 0 Å². The SMILES string of the molecule is CCCCCN(CCC)C1N=Cc2c(n3c(sc4ccccc43)c(C(=O)O)c2=O)N1. The zero-order valence-corrected chi connectivity index (χ0v) is 18.0. The first-order valence-electron chi connectivity index (χ1n) is 10.4. The molecule has 0 fully saturated rings. The maximum Gasteiger partial charge on any atom is 0.342 e. The number of fused-ring (bicyclic) bond motifs is 5. The van der Waals surface area contributed by atoms with Gasteiger partial charge in [0, 0.05) is 19.3 Å². The number of aliphatic imine (C=N–C) groups is 1. The van der Waals surface area contributed by atoms with E-state index >= 15 is 0 Å². The zero-order chi connectivity index (χ0) is 21.3. The Morgan fingerprint density at radius 3 is 2.77 bits per heavy atom. The van der Waals surface area contributed by atoms with Crippen LogP contribution in [0.3, 0.4) is 0 Å². The van der Waals surface area contributed by atoms with Gasteiger partial charge in [0.25, 0.3) is 0 Å². The minimum absolute atomic E-state index is 0.199. The molecule has 7 nitrogen and oxygen atoms in total. The summed E-state index contributed by atoms with van der Waals surface area (Å²) in [6, 6.07) is 7.72. The number of benzene rings is 1. The summed E-state index contributed by atoms with van der Waals surface area (Å²) < 4.78 is 2.80. The second-order valence-electron chi connectivity index (χ2n) is 7.52. The number of pyridine rings is 1. The Balaban J connectivity index is 1.87. The van der Waals surface area contributed by atoms with Gasteiger partial charge in [-0.25, -0.2) is 4.79 Å². The first-order valence-corrected chi connectivity index (χ1v) is 11.3. The van der Waals surface area contributed by atoms with Crippen LogP contribution in [0.5, 0.6) is 0 Å². The van der Waals surface area contributed by atoms with Crippen LogP contribution >= 0.6 is 11.3 Å². The molecule has 4 rings (SSSR count). The molecule has 158 valence electrons. The van der Waals surface area contributed by atoms with Gasteiger partial charge in [0.15, 0.2) is 6.29 Å². The van der Waals surface area contributed by atoms with Gasteiger partial charge in [0.2, 0.25) is 5.43 Å². The van der Waals surface area contributed by atoms with Crippen molar-refractivity contribution in [1.29, 1.82) is 0 Å². The maximum absolute atomic E-state index is 13.0. The average Bonchev–Trinajstić information content (AvgIpc) is 3.12. The van der Waals surface area contributed by atoms with Gasteiger partial charge in [-0.1, -0.05) is 38.8 Å². The lowest BCUT2D eigenvalue weighted by atomic mass is 10.1. The van der Waals surface area contributed by atoms with Crippen LogP contribution in [0, 0.1) is 0 Å². The Morgan fingerprint density at radius 2 is 2.03 bits per heavy atom. The topological polar surface area (TPSA) is 86.4 Å². The number of carboxylic acids is 1. The van der Waals surface area contributed by atoms with Crippen molar-refractivity contribution in [2.24, 2.45) is 4.99 Å². The summed E-state index contributed by atoms with van der Waals surface area (Å²) in [4.78, 5) is 32.3. The van der Waals surface area contributed by atoms with Gasteiger partial charge in [0.05, 0.1) is 15.8 Å². The number of aromatic carboxylic acids is 1. The highest BCUT2D eigenvalue weighted by Gasteiger charge is 2.29.